The van der Waals surface area contributed by atoms with Gasteiger partial charge in [-0.3, -0.25) is 0 Å². The molecule has 40 valence electrons. The first-order valence-electron chi connectivity index (χ1n) is 1.80. The highest BCUT2D eigenvalue weighted by atomic mass is 19.2. The van der Waals surface area contributed by atoms with Crippen LogP contribution in [0, 0.1) is 0 Å². The minimum atomic E-state index is 0.349. The topological polar surface area (TPSA) is 15.6 Å². The Morgan fingerprint density at radius 1 is 1.86 bits per heavy atom. The van der Waals surface area contributed by atoms with E-state index < -0.39 is 0 Å². The average Bonchev–Trinajstić information content (AvgIpc) is 1.61. The zero-order chi connectivity index (χ0) is 5.70. The van der Waals surface area contributed by atoms with Gasteiger partial charge in [0.2, 0.25) is 0 Å². The van der Waals surface area contributed by atoms with Crippen molar-refractivity contribution in [2.24, 2.45) is 4.99 Å². The molecule has 7 heavy (non-hydrogen) atoms. The highest BCUT2D eigenvalue weighted by molar-refractivity contribution is 5.53. The third-order valence-electron chi connectivity index (χ3n) is 0.331. The molecule has 0 saturated carbocycles. The molecule has 0 aromatic carbocycles. The van der Waals surface area contributed by atoms with Crippen molar-refractivity contribution in [2.75, 3.05) is 7.05 Å². The van der Waals surface area contributed by atoms with Crippen LogP contribution in [0.4, 0.5) is 4.48 Å². The lowest BCUT2D eigenvalue weighted by molar-refractivity contribution is 0.169. The Kier molecular flexibility index (Phi) is 2.92. The van der Waals surface area contributed by atoms with Crippen LogP contribution in [0.15, 0.2) is 17.8 Å². The first-order valence-corrected chi connectivity index (χ1v) is 1.80. The summed E-state index contributed by atoms with van der Waals surface area (Å²) in [5.41, 5.74) is 0. The van der Waals surface area contributed by atoms with E-state index in [0.29, 0.717) is 5.12 Å². The van der Waals surface area contributed by atoms with Crippen LogP contribution in [0.3, 0.4) is 0 Å². The van der Waals surface area contributed by atoms with Crippen LogP contribution in [-0.2, 0) is 0 Å². The van der Waals surface area contributed by atoms with Crippen molar-refractivity contribution in [1.29, 1.82) is 0 Å². The maximum absolute atomic E-state index is 11.5. The van der Waals surface area contributed by atoms with Crippen molar-refractivity contribution < 1.29 is 4.48 Å². The first kappa shape index (κ1) is 6.14. The highest BCUT2D eigenvalue weighted by Gasteiger charge is 1.74. The molecule has 0 aliphatic rings. The van der Waals surface area contributed by atoms with Gasteiger partial charge < -0.3 is 0 Å². The van der Waals surface area contributed by atoms with Crippen LogP contribution in [0.5, 0.6) is 0 Å². The number of nitrogens with zero attached hydrogens (tertiary/aromatic N) is 2. The molecule has 0 aromatic rings. The van der Waals surface area contributed by atoms with E-state index >= 15 is 0 Å². The number of hydrogen-bond acceptors (Lipinski definition) is 1. The zero-order valence-corrected chi connectivity index (χ0v) is 4.13. The molecule has 2 nitrogen and oxygen atoms in total. The molecule has 0 heterocycles. The van der Waals surface area contributed by atoms with E-state index in [1.54, 1.807) is 0 Å². The molecule has 0 spiro atoms. The molecule has 0 aliphatic carbocycles. The van der Waals surface area contributed by atoms with Crippen molar-refractivity contribution in [1.82, 2.24) is 5.12 Å². The Bertz CT molecular complexity index is 77.8. The van der Waals surface area contributed by atoms with Crippen molar-refractivity contribution >= 4 is 6.34 Å². The summed E-state index contributed by atoms with van der Waals surface area (Å²) in [5, 5.41) is 0.349. The number of aliphatic imine (C=N–C) groups is 1. The summed E-state index contributed by atoms with van der Waals surface area (Å²) in [5.74, 6) is 0. The minimum absolute atomic E-state index is 0.349. The molecule has 0 unspecified atom stereocenters. The van der Waals surface area contributed by atoms with Crippen molar-refractivity contribution in [2.45, 2.75) is 0 Å². The molecule has 0 bridgehead atoms. The summed E-state index contributed by atoms with van der Waals surface area (Å²) in [6.45, 7) is 3.24. The fourth-order valence-corrected chi connectivity index (χ4v) is 0.139. The lowest BCUT2D eigenvalue weighted by Gasteiger charge is -1.91. The van der Waals surface area contributed by atoms with E-state index in [9.17, 15) is 4.48 Å². The first-order chi connectivity index (χ1) is 3.27. The van der Waals surface area contributed by atoms with Crippen LogP contribution in [0.2, 0.25) is 0 Å². The predicted octanol–water partition coefficient (Wildman–Crippen LogP) is 0.975. The monoisotopic (exact) mass is 102 g/mol. The second-order valence-corrected chi connectivity index (χ2v) is 0.972. The van der Waals surface area contributed by atoms with E-state index in [1.165, 1.54) is 13.2 Å². The third-order valence-corrected chi connectivity index (χ3v) is 0.331. The molecular weight excluding hydrogens is 95.1 g/mol. The maximum atomic E-state index is 11.5. The molecule has 0 atom stereocenters. The van der Waals surface area contributed by atoms with Gasteiger partial charge in [0.25, 0.3) is 0 Å². The van der Waals surface area contributed by atoms with Crippen molar-refractivity contribution in [3.05, 3.63) is 12.8 Å². The normalized spacial score (nSPS) is 9.43. The smallest absolute Gasteiger partial charge is 0.120 e. The number of halogens is 1. The SMILES string of the molecule is C=C/N=C\N(C)F. The maximum Gasteiger partial charge on any atom is 0.120 e. The average molecular weight is 102 g/mol. The van der Waals surface area contributed by atoms with Crippen molar-refractivity contribution in [3.63, 3.8) is 0 Å². The van der Waals surface area contributed by atoms with E-state index in [1.807, 2.05) is 0 Å². The molecule has 0 saturated heterocycles. The summed E-state index contributed by atoms with van der Waals surface area (Å²) in [6, 6.07) is 0. The van der Waals surface area contributed by atoms with Crippen LogP contribution < -0.4 is 0 Å². The molecule has 0 amide bonds. The quantitative estimate of drug-likeness (QED) is 0.288. The molecule has 0 rings (SSSR count). The Balaban J connectivity index is 3.25. The van der Waals surface area contributed by atoms with E-state index in [2.05, 4.69) is 11.6 Å². The minimum Gasteiger partial charge on any atom is -0.245 e. The summed E-state index contributed by atoms with van der Waals surface area (Å²) in [6.07, 6.45) is 2.28. The van der Waals surface area contributed by atoms with Gasteiger partial charge in [-0.15, -0.1) is 0 Å². The van der Waals surface area contributed by atoms with Gasteiger partial charge in [-0.2, -0.15) is 0 Å². The summed E-state index contributed by atoms with van der Waals surface area (Å²) in [7, 11) is 1.24. The van der Waals surface area contributed by atoms with Gasteiger partial charge in [0, 0.05) is 13.2 Å². The molecule has 0 radical (unpaired) electrons. The van der Waals surface area contributed by atoms with E-state index in [4.69, 9.17) is 0 Å². The van der Waals surface area contributed by atoms with Gasteiger partial charge in [-0.1, -0.05) is 11.1 Å². The molecule has 0 aliphatic heterocycles. The largest absolute Gasteiger partial charge is 0.245 e. The van der Waals surface area contributed by atoms with Gasteiger partial charge in [0.1, 0.15) is 6.34 Å². The number of rotatable bonds is 2. The molecule has 0 fully saturated rings. The Morgan fingerprint density at radius 2 is 2.43 bits per heavy atom. The lowest BCUT2D eigenvalue weighted by atomic mass is 11.0. The third kappa shape index (κ3) is 5.14. The second kappa shape index (κ2) is 3.33. The lowest BCUT2D eigenvalue weighted by Crippen LogP contribution is -2.00. The number of hydrogen-bond donors (Lipinski definition) is 0. The van der Waals surface area contributed by atoms with E-state index in [-0.39, 0.29) is 0 Å². The van der Waals surface area contributed by atoms with Gasteiger partial charge in [-0.05, 0) is 0 Å². The van der Waals surface area contributed by atoms with E-state index in [0.717, 1.165) is 6.34 Å². The van der Waals surface area contributed by atoms with Gasteiger partial charge in [-0.25, -0.2) is 10.1 Å². The standard InChI is InChI=1S/C4H7FN2/c1-3-6-4-7(2)5/h3-4H,1H2,2H3/b6-4-. The summed E-state index contributed by atoms with van der Waals surface area (Å²) < 4.78 is 11.5. The Morgan fingerprint density at radius 3 is 2.57 bits per heavy atom. The second-order valence-electron chi connectivity index (χ2n) is 0.972. The molecule has 0 aromatic heterocycles. The Hall–Kier alpha value is -0.860. The highest BCUT2D eigenvalue weighted by Crippen LogP contribution is 1.73. The van der Waals surface area contributed by atoms with Gasteiger partial charge in [0.05, 0.1) is 0 Å². The van der Waals surface area contributed by atoms with Gasteiger partial charge in [0.15, 0.2) is 0 Å². The van der Waals surface area contributed by atoms with Crippen LogP contribution in [0.1, 0.15) is 0 Å². The molecule has 0 N–H and O–H groups in total. The zero-order valence-electron chi connectivity index (χ0n) is 4.13. The molecular formula is C4H7FN2. The fourth-order valence-electron chi connectivity index (χ4n) is 0.139. The Labute approximate surface area is 41.9 Å². The molecule has 3 heteroatoms. The van der Waals surface area contributed by atoms with Crippen LogP contribution in [-0.4, -0.2) is 18.5 Å². The fraction of sp³-hybridized carbons (Fsp3) is 0.250. The van der Waals surface area contributed by atoms with Crippen LogP contribution in [0.25, 0.3) is 0 Å². The summed E-state index contributed by atoms with van der Waals surface area (Å²) in [4.78, 5) is 3.36. The van der Waals surface area contributed by atoms with Gasteiger partial charge >= 0.3 is 0 Å². The van der Waals surface area contributed by atoms with Crippen molar-refractivity contribution in [3.8, 4) is 0 Å². The predicted molar refractivity (Wildman–Crippen MR) is 27.6 cm³/mol. The van der Waals surface area contributed by atoms with Crippen LogP contribution >= 0.6 is 0 Å². The summed E-state index contributed by atoms with van der Waals surface area (Å²) >= 11 is 0.